The van der Waals surface area contributed by atoms with Gasteiger partial charge in [0.05, 0.1) is 23.4 Å². The molecule has 2 heterocycles. The van der Waals surface area contributed by atoms with E-state index < -0.39 is 0 Å². The number of aliphatic imine (C=N–C) groups is 1. The van der Waals surface area contributed by atoms with Crippen LogP contribution in [0.5, 0.6) is 0 Å². The second-order valence-corrected chi connectivity index (χ2v) is 8.02. The largest absolute Gasteiger partial charge is 0.346 e. The van der Waals surface area contributed by atoms with E-state index in [2.05, 4.69) is 22.0 Å². The lowest BCUT2D eigenvalue weighted by Crippen LogP contribution is -2.22. The Morgan fingerprint density at radius 3 is 2.93 bits per heavy atom. The van der Waals surface area contributed by atoms with Crippen molar-refractivity contribution in [3.63, 3.8) is 0 Å². The molecule has 0 bridgehead atoms. The lowest BCUT2D eigenvalue weighted by atomic mass is 9.96. The Kier molecular flexibility index (Phi) is 5.30. The van der Waals surface area contributed by atoms with Crippen LogP contribution in [-0.4, -0.2) is 21.7 Å². The van der Waals surface area contributed by atoms with Gasteiger partial charge in [0.1, 0.15) is 0 Å². The summed E-state index contributed by atoms with van der Waals surface area (Å²) in [6.07, 6.45) is 10.4. The molecule has 5 nitrogen and oxygen atoms in total. The van der Waals surface area contributed by atoms with Crippen LogP contribution >= 0.6 is 11.8 Å². The molecule has 1 aromatic heterocycles. The number of thioether (sulfide) groups is 1. The van der Waals surface area contributed by atoms with E-state index in [1.54, 1.807) is 0 Å². The molecule has 138 valence electrons. The molecule has 1 N–H and O–H groups in total. The number of amides is 1. The first kappa shape index (κ1) is 17.9. The van der Waals surface area contributed by atoms with E-state index in [0.717, 1.165) is 34.5 Å². The number of amidine groups is 1. The minimum absolute atomic E-state index is 0.0802. The SMILES string of the molecule is N#CCCn1cc(/C=C2/SC(=NC3CCCCC3)NC2=O)c2ccccc21. The molecular formula is C21H22N4OS. The molecule has 2 aromatic rings. The Bertz CT molecular complexity index is 960. The lowest BCUT2D eigenvalue weighted by Gasteiger charge is -2.17. The zero-order valence-corrected chi connectivity index (χ0v) is 16.0. The summed E-state index contributed by atoms with van der Waals surface area (Å²) in [6, 6.07) is 10.6. The van der Waals surface area contributed by atoms with E-state index in [9.17, 15) is 4.79 Å². The molecule has 0 spiro atoms. The number of nitrogens with zero attached hydrogens (tertiary/aromatic N) is 3. The van der Waals surface area contributed by atoms with Crippen molar-refractivity contribution in [2.75, 3.05) is 0 Å². The van der Waals surface area contributed by atoms with Gasteiger partial charge in [-0.25, -0.2) is 0 Å². The van der Waals surface area contributed by atoms with E-state index in [1.165, 1.54) is 31.0 Å². The van der Waals surface area contributed by atoms with E-state index >= 15 is 0 Å². The topological polar surface area (TPSA) is 70.2 Å². The van der Waals surface area contributed by atoms with Crippen molar-refractivity contribution in [3.8, 4) is 6.07 Å². The average molecular weight is 379 g/mol. The molecule has 1 aromatic carbocycles. The Morgan fingerprint density at radius 2 is 2.11 bits per heavy atom. The molecule has 2 aliphatic rings. The number of fused-ring (bicyclic) bond motifs is 1. The number of nitrogens with one attached hydrogen (secondary N) is 1. The van der Waals surface area contributed by atoms with Gasteiger partial charge in [0.15, 0.2) is 5.17 Å². The second-order valence-electron chi connectivity index (χ2n) is 6.99. The maximum atomic E-state index is 12.4. The number of nitriles is 1. The van der Waals surface area contributed by atoms with E-state index in [1.807, 2.05) is 30.5 Å². The lowest BCUT2D eigenvalue weighted by molar-refractivity contribution is -0.115. The van der Waals surface area contributed by atoms with Gasteiger partial charge in [-0.1, -0.05) is 37.5 Å². The molecule has 2 fully saturated rings. The van der Waals surface area contributed by atoms with Crippen molar-refractivity contribution in [1.29, 1.82) is 5.26 Å². The molecule has 27 heavy (non-hydrogen) atoms. The first-order chi connectivity index (χ1) is 13.2. The van der Waals surface area contributed by atoms with Crippen LogP contribution in [0.25, 0.3) is 17.0 Å². The summed E-state index contributed by atoms with van der Waals surface area (Å²) in [5.41, 5.74) is 2.08. The summed E-state index contributed by atoms with van der Waals surface area (Å²) in [7, 11) is 0. The molecule has 1 amide bonds. The Morgan fingerprint density at radius 1 is 1.30 bits per heavy atom. The molecule has 0 radical (unpaired) electrons. The zero-order chi connectivity index (χ0) is 18.6. The molecule has 4 rings (SSSR count). The van der Waals surface area contributed by atoms with E-state index in [4.69, 9.17) is 10.3 Å². The maximum absolute atomic E-state index is 12.4. The quantitative estimate of drug-likeness (QED) is 0.799. The van der Waals surface area contributed by atoms with Gasteiger partial charge in [0.25, 0.3) is 5.91 Å². The minimum Gasteiger partial charge on any atom is -0.346 e. The summed E-state index contributed by atoms with van der Waals surface area (Å²) in [5, 5.41) is 13.6. The highest BCUT2D eigenvalue weighted by Crippen LogP contribution is 2.31. The monoisotopic (exact) mass is 378 g/mol. The first-order valence-corrected chi connectivity index (χ1v) is 10.3. The van der Waals surface area contributed by atoms with Gasteiger partial charge < -0.3 is 9.88 Å². The fraction of sp³-hybridized carbons (Fsp3) is 0.381. The second kappa shape index (κ2) is 8.01. The number of carbonyl (C=O) groups is 1. The van der Waals surface area contributed by atoms with Crippen molar-refractivity contribution < 1.29 is 4.79 Å². The normalized spacial score (nSPS) is 21.1. The number of benzene rings is 1. The van der Waals surface area contributed by atoms with E-state index in [0.29, 0.717) is 23.9 Å². The average Bonchev–Trinajstić information content (AvgIpc) is 3.21. The number of para-hydroxylation sites is 1. The van der Waals surface area contributed by atoms with Crippen molar-refractivity contribution in [2.24, 2.45) is 4.99 Å². The summed E-state index contributed by atoms with van der Waals surface area (Å²) < 4.78 is 2.08. The van der Waals surface area contributed by atoms with Crippen molar-refractivity contribution in [3.05, 3.63) is 40.9 Å². The van der Waals surface area contributed by atoms with Crippen molar-refractivity contribution in [1.82, 2.24) is 9.88 Å². The number of aromatic nitrogens is 1. The van der Waals surface area contributed by atoms with Crippen molar-refractivity contribution in [2.45, 2.75) is 51.1 Å². The Balaban J connectivity index is 1.60. The van der Waals surface area contributed by atoms with Gasteiger partial charge in [0.2, 0.25) is 0 Å². The summed E-state index contributed by atoms with van der Waals surface area (Å²) in [6.45, 7) is 0.647. The number of hydrogen-bond donors (Lipinski definition) is 1. The van der Waals surface area contributed by atoms with Crippen molar-refractivity contribution >= 4 is 39.8 Å². The molecule has 1 aliphatic carbocycles. The van der Waals surface area contributed by atoms with Crippen LogP contribution in [0.2, 0.25) is 0 Å². The summed E-state index contributed by atoms with van der Waals surface area (Å²) in [5.74, 6) is -0.0802. The highest BCUT2D eigenvalue weighted by Gasteiger charge is 2.25. The standard InChI is InChI=1S/C21H22N4OS/c22-11-6-12-25-14-15(17-9-4-5-10-18(17)25)13-19-20(26)24-21(27-19)23-16-7-2-1-3-8-16/h4-5,9-10,13-14,16H,1-3,6-8,12H2,(H,23,24,26)/b19-13+. The summed E-state index contributed by atoms with van der Waals surface area (Å²) in [4.78, 5) is 17.8. The first-order valence-electron chi connectivity index (χ1n) is 9.48. The van der Waals surface area contributed by atoms with Crippen LogP contribution in [0.3, 0.4) is 0 Å². The Hall–Kier alpha value is -2.52. The molecular weight excluding hydrogens is 356 g/mol. The van der Waals surface area contributed by atoms with Crippen LogP contribution in [0.1, 0.15) is 44.1 Å². The van der Waals surface area contributed by atoms with Crippen LogP contribution in [0.15, 0.2) is 40.4 Å². The third-order valence-corrected chi connectivity index (χ3v) is 6.02. The number of carbonyl (C=O) groups excluding carboxylic acids is 1. The molecule has 6 heteroatoms. The van der Waals surface area contributed by atoms with Gasteiger partial charge >= 0.3 is 0 Å². The van der Waals surface area contributed by atoms with Crippen LogP contribution in [-0.2, 0) is 11.3 Å². The van der Waals surface area contributed by atoms with Crippen LogP contribution in [0, 0.1) is 11.3 Å². The predicted octanol–water partition coefficient (Wildman–Crippen LogP) is 4.45. The smallest absolute Gasteiger partial charge is 0.264 e. The van der Waals surface area contributed by atoms with Gasteiger partial charge in [-0.3, -0.25) is 9.79 Å². The summed E-state index contributed by atoms with van der Waals surface area (Å²) >= 11 is 1.43. The van der Waals surface area contributed by atoms with Crippen LogP contribution in [0.4, 0.5) is 0 Å². The number of aryl methyl sites for hydroxylation is 1. The van der Waals surface area contributed by atoms with Crippen LogP contribution < -0.4 is 5.32 Å². The highest BCUT2D eigenvalue weighted by molar-refractivity contribution is 8.18. The number of hydrogen-bond acceptors (Lipinski definition) is 4. The highest BCUT2D eigenvalue weighted by atomic mass is 32.2. The minimum atomic E-state index is -0.0802. The van der Waals surface area contributed by atoms with Gasteiger partial charge in [-0.2, -0.15) is 5.26 Å². The van der Waals surface area contributed by atoms with E-state index in [-0.39, 0.29) is 5.91 Å². The molecule has 0 atom stereocenters. The predicted molar refractivity (Wildman–Crippen MR) is 110 cm³/mol. The molecule has 1 saturated heterocycles. The molecule has 1 aliphatic heterocycles. The van der Waals surface area contributed by atoms with Gasteiger partial charge in [-0.05, 0) is 36.7 Å². The third kappa shape index (κ3) is 3.93. The Labute approximate surface area is 163 Å². The fourth-order valence-electron chi connectivity index (χ4n) is 3.75. The molecule has 0 unspecified atom stereocenters. The van der Waals surface area contributed by atoms with Gasteiger partial charge in [0, 0.05) is 29.2 Å². The maximum Gasteiger partial charge on any atom is 0.264 e. The zero-order valence-electron chi connectivity index (χ0n) is 15.1. The van der Waals surface area contributed by atoms with Gasteiger partial charge in [-0.15, -0.1) is 0 Å². The molecule has 1 saturated carbocycles. The fourth-order valence-corrected chi connectivity index (χ4v) is 4.63. The third-order valence-electron chi connectivity index (χ3n) is 5.10. The number of rotatable bonds is 4.